The van der Waals surface area contributed by atoms with Gasteiger partial charge >= 0.3 is 0 Å². The Morgan fingerprint density at radius 2 is 1.47 bits per heavy atom. The van der Waals surface area contributed by atoms with Gasteiger partial charge in [-0.2, -0.15) is 0 Å². The fourth-order valence-corrected chi connectivity index (χ4v) is 3.77. The zero-order valence-corrected chi connectivity index (χ0v) is 19.3. The highest BCUT2D eigenvalue weighted by Gasteiger charge is 2.14. The minimum atomic E-state index is 0.430. The molecule has 5 nitrogen and oxygen atoms in total. The third-order valence-electron chi connectivity index (χ3n) is 4.56. The molecule has 0 N–H and O–H groups in total. The first kappa shape index (κ1) is 20.9. The fourth-order valence-electron chi connectivity index (χ4n) is 2.97. The number of ether oxygens (including phenoxy) is 2. The van der Waals surface area contributed by atoms with E-state index in [2.05, 4.69) is 36.9 Å². The zero-order chi connectivity index (χ0) is 20.8. The summed E-state index contributed by atoms with van der Waals surface area (Å²) in [4.78, 5) is 9.42. The van der Waals surface area contributed by atoms with Crippen molar-refractivity contribution in [2.24, 2.45) is 4.99 Å². The number of halogens is 2. The van der Waals surface area contributed by atoms with Crippen molar-refractivity contribution in [1.82, 2.24) is 5.06 Å². The van der Waals surface area contributed by atoms with Gasteiger partial charge in [0.2, 0.25) is 0 Å². The maximum absolute atomic E-state index is 6.17. The first-order valence-electron chi connectivity index (χ1n) is 9.44. The number of hydrogen-bond donors (Lipinski definition) is 0. The summed E-state index contributed by atoms with van der Waals surface area (Å²) in [6.45, 7) is 2.00. The molecule has 0 unspecified atom stereocenters. The lowest BCUT2D eigenvalue weighted by atomic mass is 10.2. The number of hydrogen-bond acceptors (Lipinski definition) is 5. The van der Waals surface area contributed by atoms with Crippen molar-refractivity contribution in [3.05, 3.63) is 92.4 Å². The Hall–Kier alpha value is -2.35. The molecule has 0 radical (unpaired) electrons. The van der Waals surface area contributed by atoms with Crippen molar-refractivity contribution in [2.75, 3.05) is 6.67 Å². The van der Waals surface area contributed by atoms with E-state index in [1.165, 1.54) is 6.40 Å². The Kier molecular flexibility index (Phi) is 7.04. The van der Waals surface area contributed by atoms with E-state index in [4.69, 9.17) is 14.3 Å². The van der Waals surface area contributed by atoms with E-state index in [9.17, 15) is 0 Å². The Labute approximate surface area is 192 Å². The molecule has 1 heterocycles. The molecule has 0 fully saturated rings. The molecule has 0 saturated heterocycles. The van der Waals surface area contributed by atoms with Crippen LogP contribution in [0.1, 0.15) is 16.7 Å². The second-order valence-electron chi connectivity index (χ2n) is 6.72. The van der Waals surface area contributed by atoms with Gasteiger partial charge in [-0.25, -0.2) is 4.99 Å². The van der Waals surface area contributed by atoms with Crippen molar-refractivity contribution < 1.29 is 14.3 Å². The van der Waals surface area contributed by atoms with E-state index in [-0.39, 0.29) is 0 Å². The normalized spacial score (nSPS) is 13.3. The van der Waals surface area contributed by atoms with Crippen LogP contribution in [0, 0.1) is 0 Å². The summed E-state index contributed by atoms with van der Waals surface area (Å²) in [6, 6.07) is 22.0. The number of aliphatic imine (C=N–C) groups is 1. The monoisotopic (exact) mass is 530 g/mol. The molecule has 3 aromatic rings. The highest BCUT2D eigenvalue weighted by Crippen LogP contribution is 2.32. The Balaban J connectivity index is 1.52. The van der Waals surface area contributed by atoms with Gasteiger partial charge in [-0.05, 0) is 29.8 Å². The highest BCUT2D eigenvalue weighted by molar-refractivity contribution is 9.10. The second-order valence-corrected chi connectivity index (χ2v) is 8.42. The van der Waals surface area contributed by atoms with Crippen LogP contribution in [0.2, 0.25) is 0 Å². The van der Waals surface area contributed by atoms with Gasteiger partial charge in [0, 0.05) is 20.1 Å². The minimum Gasteiger partial charge on any atom is -0.485 e. The zero-order valence-electron chi connectivity index (χ0n) is 16.1. The molecule has 0 atom stereocenters. The number of nitrogens with zero attached hydrogens (tertiary/aromatic N) is 2. The molecule has 4 rings (SSSR count). The Morgan fingerprint density at radius 3 is 2.07 bits per heavy atom. The Morgan fingerprint density at radius 1 is 0.833 bits per heavy atom. The van der Waals surface area contributed by atoms with Crippen molar-refractivity contribution in [1.29, 1.82) is 0 Å². The molecule has 1 aliphatic rings. The van der Waals surface area contributed by atoms with Gasteiger partial charge in [-0.15, -0.1) is 5.06 Å². The summed E-state index contributed by atoms with van der Waals surface area (Å²) in [5.41, 5.74) is 3.19. The molecular weight excluding hydrogens is 512 g/mol. The van der Waals surface area contributed by atoms with Crippen LogP contribution in [0.5, 0.6) is 11.5 Å². The van der Waals surface area contributed by atoms with Crippen LogP contribution in [0.4, 0.5) is 0 Å². The molecule has 3 aromatic carbocycles. The predicted octanol–water partition coefficient (Wildman–Crippen LogP) is 6.10. The van der Waals surface area contributed by atoms with Crippen LogP contribution in [0.25, 0.3) is 0 Å². The van der Waals surface area contributed by atoms with Crippen LogP contribution < -0.4 is 9.47 Å². The van der Waals surface area contributed by atoms with Crippen molar-refractivity contribution in [2.45, 2.75) is 19.8 Å². The van der Waals surface area contributed by atoms with E-state index >= 15 is 0 Å². The van der Waals surface area contributed by atoms with Gasteiger partial charge in [0.1, 0.15) is 19.9 Å². The van der Waals surface area contributed by atoms with Gasteiger partial charge in [0.25, 0.3) is 0 Å². The fraction of sp³-hybridized carbons (Fsp3) is 0.174. The lowest BCUT2D eigenvalue weighted by Crippen LogP contribution is -2.18. The van der Waals surface area contributed by atoms with Gasteiger partial charge in [-0.1, -0.05) is 74.3 Å². The summed E-state index contributed by atoms with van der Waals surface area (Å²) in [5.74, 6) is 1.38. The number of benzene rings is 3. The SMILES string of the molecule is Brc1ccccc1COc1ccc(CN2CN=CO2)cc1OCc1ccccc1Br. The molecule has 0 aromatic heterocycles. The molecule has 0 amide bonds. The summed E-state index contributed by atoms with van der Waals surface area (Å²) in [7, 11) is 0. The molecule has 30 heavy (non-hydrogen) atoms. The van der Waals surface area contributed by atoms with Crippen LogP contribution >= 0.6 is 31.9 Å². The van der Waals surface area contributed by atoms with Crippen LogP contribution in [0.15, 0.2) is 80.7 Å². The largest absolute Gasteiger partial charge is 0.485 e. The lowest BCUT2D eigenvalue weighted by molar-refractivity contribution is -0.0519. The molecule has 0 aliphatic carbocycles. The third-order valence-corrected chi connectivity index (χ3v) is 6.11. The molecule has 0 saturated carbocycles. The third kappa shape index (κ3) is 5.41. The average molecular weight is 532 g/mol. The maximum Gasteiger partial charge on any atom is 0.198 e. The maximum atomic E-state index is 6.17. The molecule has 0 bridgehead atoms. The predicted molar refractivity (Wildman–Crippen MR) is 123 cm³/mol. The quantitative estimate of drug-likeness (QED) is 0.352. The van der Waals surface area contributed by atoms with Gasteiger partial charge in [-0.3, -0.25) is 0 Å². The molecule has 154 valence electrons. The van der Waals surface area contributed by atoms with E-state index < -0.39 is 0 Å². The van der Waals surface area contributed by atoms with Crippen LogP contribution in [-0.2, 0) is 24.6 Å². The molecule has 1 aliphatic heterocycles. The van der Waals surface area contributed by atoms with E-state index in [1.54, 1.807) is 5.06 Å². The molecule has 7 heteroatoms. The van der Waals surface area contributed by atoms with E-state index in [0.717, 1.165) is 25.6 Å². The number of rotatable bonds is 8. The summed E-state index contributed by atoms with van der Waals surface area (Å²) < 4.78 is 14.3. The second kappa shape index (κ2) is 10.1. The summed E-state index contributed by atoms with van der Waals surface area (Å²) in [5, 5.41) is 1.77. The smallest absolute Gasteiger partial charge is 0.198 e. The van der Waals surface area contributed by atoms with Crippen LogP contribution in [-0.4, -0.2) is 18.1 Å². The first-order chi connectivity index (χ1) is 14.7. The van der Waals surface area contributed by atoms with Crippen molar-refractivity contribution >= 4 is 38.3 Å². The molecular formula is C23H20Br2N2O3. The lowest BCUT2D eigenvalue weighted by Gasteiger charge is -2.17. The van der Waals surface area contributed by atoms with E-state index in [0.29, 0.717) is 37.9 Å². The van der Waals surface area contributed by atoms with E-state index in [1.807, 2.05) is 66.7 Å². The van der Waals surface area contributed by atoms with Gasteiger partial charge in [0.15, 0.2) is 17.9 Å². The van der Waals surface area contributed by atoms with Gasteiger partial charge < -0.3 is 14.3 Å². The van der Waals surface area contributed by atoms with Gasteiger partial charge in [0.05, 0.1) is 6.54 Å². The highest BCUT2D eigenvalue weighted by atomic mass is 79.9. The van der Waals surface area contributed by atoms with Crippen LogP contribution in [0.3, 0.4) is 0 Å². The number of hydroxylamine groups is 2. The summed E-state index contributed by atoms with van der Waals surface area (Å²) in [6.07, 6.45) is 1.46. The minimum absolute atomic E-state index is 0.430. The summed E-state index contributed by atoms with van der Waals surface area (Å²) >= 11 is 7.15. The van der Waals surface area contributed by atoms with Crippen molar-refractivity contribution in [3.63, 3.8) is 0 Å². The topological polar surface area (TPSA) is 43.3 Å². The Bertz CT molecular complexity index is 1030. The van der Waals surface area contributed by atoms with Crippen molar-refractivity contribution in [3.8, 4) is 11.5 Å². The standard InChI is InChI=1S/C23H20Br2N2O3/c24-20-7-3-1-5-18(20)13-28-22-10-9-17(12-27-15-26-16-30-27)11-23(22)29-14-19-6-2-4-8-21(19)25/h1-11,16H,12-15H2. The first-order valence-corrected chi connectivity index (χ1v) is 11.0. The average Bonchev–Trinajstić information content (AvgIpc) is 3.26. The molecule has 0 spiro atoms.